The van der Waals surface area contributed by atoms with Gasteiger partial charge >= 0.3 is 6.18 Å². The average molecular weight is 262 g/mol. The van der Waals surface area contributed by atoms with E-state index in [-0.39, 0.29) is 12.2 Å². The minimum atomic E-state index is -4.48. The van der Waals surface area contributed by atoms with Gasteiger partial charge in [-0.05, 0) is 18.6 Å². The third kappa shape index (κ3) is 3.90. The van der Waals surface area contributed by atoms with Gasteiger partial charge in [-0.1, -0.05) is 6.92 Å². The van der Waals surface area contributed by atoms with Crippen molar-refractivity contribution >= 4 is 5.91 Å². The van der Waals surface area contributed by atoms with Crippen LogP contribution >= 0.6 is 0 Å². The molecule has 4 nitrogen and oxygen atoms in total. The van der Waals surface area contributed by atoms with E-state index in [1.165, 1.54) is 18.3 Å². The summed E-state index contributed by atoms with van der Waals surface area (Å²) in [7, 11) is 0. The number of pyridine rings is 1. The molecule has 0 unspecified atom stereocenters. The van der Waals surface area contributed by atoms with E-state index in [2.05, 4.69) is 4.98 Å². The molecule has 0 saturated carbocycles. The predicted octanol–water partition coefficient (Wildman–Crippen LogP) is 2.20. The van der Waals surface area contributed by atoms with E-state index in [0.29, 0.717) is 11.3 Å². The lowest BCUT2D eigenvalue weighted by Gasteiger charge is -2.23. The Morgan fingerprint density at radius 1 is 1.50 bits per heavy atom. The minimum Gasteiger partial charge on any atom is -0.505 e. The highest BCUT2D eigenvalue weighted by molar-refractivity contribution is 5.94. The van der Waals surface area contributed by atoms with Gasteiger partial charge in [-0.25, -0.2) is 4.98 Å². The van der Waals surface area contributed by atoms with E-state index in [9.17, 15) is 23.1 Å². The van der Waals surface area contributed by atoms with Crippen LogP contribution in [-0.2, 0) is 0 Å². The van der Waals surface area contributed by atoms with E-state index in [4.69, 9.17) is 0 Å². The summed E-state index contributed by atoms with van der Waals surface area (Å²) in [5.41, 5.74) is -0.366. The molecule has 0 fully saturated rings. The average Bonchev–Trinajstić information content (AvgIpc) is 2.26. The number of aromatic hydroxyl groups is 1. The summed E-state index contributed by atoms with van der Waals surface area (Å²) in [5, 5.41) is 9.41. The molecule has 0 aromatic carbocycles. The van der Waals surface area contributed by atoms with Crippen molar-refractivity contribution in [3.05, 3.63) is 24.0 Å². The first-order valence-electron chi connectivity index (χ1n) is 5.35. The number of alkyl halides is 3. The van der Waals surface area contributed by atoms with Gasteiger partial charge in [0.2, 0.25) is 0 Å². The number of carbonyl (C=O) groups excluding carboxylic acids is 1. The first-order valence-corrected chi connectivity index (χ1v) is 5.35. The zero-order valence-corrected chi connectivity index (χ0v) is 9.74. The third-order valence-electron chi connectivity index (χ3n) is 2.14. The van der Waals surface area contributed by atoms with E-state index in [1.807, 2.05) is 0 Å². The van der Waals surface area contributed by atoms with Crippen molar-refractivity contribution in [3.63, 3.8) is 0 Å². The molecule has 0 saturated heterocycles. The summed E-state index contributed by atoms with van der Waals surface area (Å²) < 4.78 is 37.0. The van der Waals surface area contributed by atoms with Crippen molar-refractivity contribution in [1.29, 1.82) is 0 Å². The van der Waals surface area contributed by atoms with Crippen LogP contribution in [0, 0.1) is 0 Å². The molecule has 18 heavy (non-hydrogen) atoms. The molecule has 1 rings (SSSR count). The van der Waals surface area contributed by atoms with Gasteiger partial charge in [0.15, 0.2) is 5.69 Å². The van der Waals surface area contributed by atoms with E-state index < -0.39 is 24.4 Å². The van der Waals surface area contributed by atoms with Crippen molar-refractivity contribution in [1.82, 2.24) is 9.88 Å². The van der Waals surface area contributed by atoms with Crippen LogP contribution in [0.5, 0.6) is 5.75 Å². The summed E-state index contributed by atoms with van der Waals surface area (Å²) in [6, 6.07) is 2.60. The molecule has 1 amide bonds. The lowest BCUT2D eigenvalue weighted by Crippen LogP contribution is -2.39. The second-order valence-corrected chi connectivity index (χ2v) is 3.71. The molecule has 100 valence electrons. The first kappa shape index (κ1) is 14.3. The highest BCUT2D eigenvalue weighted by Gasteiger charge is 2.33. The molecule has 0 atom stereocenters. The van der Waals surface area contributed by atoms with Gasteiger partial charge in [0.05, 0.1) is 0 Å². The summed E-state index contributed by atoms with van der Waals surface area (Å²) >= 11 is 0. The molecule has 1 aromatic heterocycles. The number of carbonyl (C=O) groups is 1. The van der Waals surface area contributed by atoms with Crippen molar-refractivity contribution in [2.45, 2.75) is 19.5 Å². The van der Waals surface area contributed by atoms with Crippen LogP contribution < -0.4 is 0 Å². The zero-order chi connectivity index (χ0) is 13.8. The van der Waals surface area contributed by atoms with Gasteiger partial charge in [-0.3, -0.25) is 4.79 Å². The van der Waals surface area contributed by atoms with Crippen molar-refractivity contribution in [3.8, 4) is 5.75 Å². The number of nitrogens with zero attached hydrogens (tertiary/aromatic N) is 2. The quantitative estimate of drug-likeness (QED) is 0.905. The summed E-state index contributed by atoms with van der Waals surface area (Å²) in [6.07, 6.45) is -2.85. The topological polar surface area (TPSA) is 53.4 Å². The van der Waals surface area contributed by atoms with Crippen LogP contribution in [0.2, 0.25) is 0 Å². The number of aromatic nitrogens is 1. The Labute approximate surface area is 102 Å². The van der Waals surface area contributed by atoms with E-state index in [0.717, 1.165) is 0 Å². The molecule has 0 aliphatic rings. The number of hydrogen-bond acceptors (Lipinski definition) is 3. The maximum absolute atomic E-state index is 12.3. The SMILES string of the molecule is CCCN(CC(F)(F)F)C(=O)c1ncccc1O. The minimum absolute atomic E-state index is 0.0473. The van der Waals surface area contributed by atoms with Crippen LogP contribution in [0.25, 0.3) is 0 Å². The highest BCUT2D eigenvalue weighted by atomic mass is 19.4. The van der Waals surface area contributed by atoms with Crippen LogP contribution in [0.1, 0.15) is 23.8 Å². The van der Waals surface area contributed by atoms with Gasteiger partial charge in [0.25, 0.3) is 5.91 Å². The Balaban J connectivity index is 2.93. The van der Waals surface area contributed by atoms with Gasteiger partial charge in [-0.2, -0.15) is 13.2 Å². The Kier molecular flexibility index (Phi) is 4.52. The number of hydrogen-bond donors (Lipinski definition) is 1. The smallest absolute Gasteiger partial charge is 0.406 e. The zero-order valence-electron chi connectivity index (χ0n) is 9.74. The Hall–Kier alpha value is -1.79. The standard InChI is InChI=1S/C11H13F3N2O2/c1-2-6-16(7-11(12,13)14)10(18)9-8(17)4-3-5-15-9/h3-5,17H,2,6-7H2,1H3. The van der Waals surface area contributed by atoms with Crippen LogP contribution in [-0.4, -0.2) is 40.2 Å². The Bertz CT molecular complexity index is 421. The van der Waals surface area contributed by atoms with Crippen molar-refractivity contribution in [2.24, 2.45) is 0 Å². The summed E-state index contributed by atoms with van der Waals surface area (Å²) in [4.78, 5) is 16.1. The maximum Gasteiger partial charge on any atom is 0.406 e. The van der Waals surface area contributed by atoms with E-state index in [1.54, 1.807) is 6.92 Å². The van der Waals surface area contributed by atoms with Crippen molar-refractivity contribution < 1.29 is 23.1 Å². The van der Waals surface area contributed by atoms with Gasteiger partial charge in [0, 0.05) is 12.7 Å². The fourth-order valence-electron chi connectivity index (χ4n) is 1.45. The predicted molar refractivity (Wildman–Crippen MR) is 58.2 cm³/mol. The second-order valence-electron chi connectivity index (χ2n) is 3.71. The lowest BCUT2D eigenvalue weighted by molar-refractivity contribution is -0.140. The molecule has 1 N–H and O–H groups in total. The lowest BCUT2D eigenvalue weighted by atomic mass is 10.2. The highest BCUT2D eigenvalue weighted by Crippen LogP contribution is 2.20. The van der Waals surface area contributed by atoms with Crippen molar-refractivity contribution in [2.75, 3.05) is 13.1 Å². The molecular formula is C11H13F3N2O2. The Morgan fingerprint density at radius 3 is 2.67 bits per heavy atom. The second kappa shape index (κ2) is 5.70. The van der Waals surface area contributed by atoms with Crippen LogP contribution in [0.3, 0.4) is 0 Å². The third-order valence-corrected chi connectivity index (χ3v) is 2.14. The molecular weight excluding hydrogens is 249 g/mol. The molecule has 0 spiro atoms. The largest absolute Gasteiger partial charge is 0.505 e. The normalized spacial score (nSPS) is 11.3. The van der Waals surface area contributed by atoms with Gasteiger partial charge in [0.1, 0.15) is 12.3 Å². The fourth-order valence-corrected chi connectivity index (χ4v) is 1.45. The molecule has 1 heterocycles. The fraction of sp³-hybridized carbons (Fsp3) is 0.455. The molecule has 0 aliphatic carbocycles. The van der Waals surface area contributed by atoms with Gasteiger partial charge < -0.3 is 10.0 Å². The number of amides is 1. The van der Waals surface area contributed by atoms with Gasteiger partial charge in [-0.15, -0.1) is 0 Å². The molecule has 1 aromatic rings. The van der Waals surface area contributed by atoms with Crippen LogP contribution in [0.4, 0.5) is 13.2 Å². The first-order chi connectivity index (χ1) is 8.35. The molecule has 0 radical (unpaired) electrons. The van der Waals surface area contributed by atoms with E-state index >= 15 is 0 Å². The molecule has 0 bridgehead atoms. The number of rotatable bonds is 4. The Morgan fingerprint density at radius 2 is 2.17 bits per heavy atom. The molecule has 7 heteroatoms. The monoisotopic (exact) mass is 262 g/mol. The van der Waals surface area contributed by atoms with Crippen LogP contribution in [0.15, 0.2) is 18.3 Å². The summed E-state index contributed by atoms with van der Waals surface area (Å²) in [6.45, 7) is 0.263. The maximum atomic E-state index is 12.3. The summed E-state index contributed by atoms with van der Waals surface area (Å²) in [5.74, 6) is -1.35. The number of halogens is 3. The molecule has 0 aliphatic heterocycles.